The molecule has 2 aliphatic rings. The largest absolute Gasteiger partial charge is 0.475 e. The monoisotopic (exact) mass is 259 g/mol. The smallest absolute Gasteiger partial charge is 0.290 e. The summed E-state index contributed by atoms with van der Waals surface area (Å²) in [5.74, 6) is 0.518. The molecule has 0 amide bonds. The molecule has 1 fully saturated rings. The molecule has 7 heteroatoms. The number of likely N-dealkylation sites (N-methyl/N-ethyl adjacent to an activating group) is 2. The van der Waals surface area contributed by atoms with Gasteiger partial charge < -0.3 is 15.0 Å². The zero-order valence-corrected chi connectivity index (χ0v) is 10.5. The summed E-state index contributed by atoms with van der Waals surface area (Å²) in [6, 6.07) is 0. The van der Waals surface area contributed by atoms with Crippen molar-refractivity contribution in [2.24, 2.45) is 0 Å². The Morgan fingerprint density at radius 1 is 1.59 bits per heavy atom. The van der Waals surface area contributed by atoms with Gasteiger partial charge >= 0.3 is 0 Å². The Morgan fingerprint density at radius 3 is 2.71 bits per heavy atom. The van der Waals surface area contributed by atoms with Crippen molar-refractivity contribution in [2.75, 3.05) is 20.6 Å². The number of hydrogen-bond acceptors (Lipinski definition) is 5. The second-order valence-corrected chi connectivity index (χ2v) is 4.50. The van der Waals surface area contributed by atoms with Crippen LogP contribution in [-0.2, 0) is 4.74 Å². The second-order valence-electron chi connectivity index (χ2n) is 4.12. The predicted molar refractivity (Wildman–Crippen MR) is 62.7 cm³/mol. The van der Waals surface area contributed by atoms with Gasteiger partial charge in [0.1, 0.15) is 23.4 Å². The maximum Gasteiger partial charge on any atom is 0.290 e. The topological polar surface area (TPSA) is 67.6 Å². The Kier molecular flexibility index (Phi) is 3.15. The van der Waals surface area contributed by atoms with Crippen molar-refractivity contribution in [1.82, 2.24) is 10.2 Å². The Bertz CT molecular complexity index is 415. The summed E-state index contributed by atoms with van der Waals surface area (Å²) in [5, 5.41) is 14.0. The molecule has 6 nitrogen and oxygen atoms in total. The average Bonchev–Trinajstić information content (AvgIpc) is 3.07. The van der Waals surface area contributed by atoms with Gasteiger partial charge in [-0.15, -0.1) is 0 Å². The lowest BCUT2D eigenvalue weighted by Crippen LogP contribution is -2.33. The molecule has 1 aliphatic carbocycles. The van der Waals surface area contributed by atoms with Gasteiger partial charge in [-0.1, -0.05) is 11.6 Å². The molecule has 0 aromatic heterocycles. The van der Waals surface area contributed by atoms with Crippen molar-refractivity contribution in [2.45, 2.75) is 18.9 Å². The van der Waals surface area contributed by atoms with E-state index >= 15 is 0 Å². The average molecular weight is 260 g/mol. The van der Waals surface area contributed by atoms with Crippen LogP contribution in [0.15, 0.2) is 22.3 Å². The zero-order valence-electron chi connectivity index (χ0n) is 9.70. The molecule has 2 rings (SSSR count). The van der Waals surface area contributed by atoms with Crippen molar-refractivity contribution in [3.8, 4) is 0 Å². The van der Waals surface area contributed by atoms with Crippen LogP contribution in [0.2, 0.25) is 0 Å². The summed E-state index contributed by atoms with van der Waals surface area (Å²) in [7, 11) is 3.34. The molecule has 0 spiro atoms. The van der Waals surface area contributed by atoms with E-state index in [0.29, 0.717) is 11.6 Å². The lowest BCUT2D eigenvalue weighted by Gasteiger charge is -2.27. The lowest BCUT2D eigenvalue weighted by molar-refractivity contribution is -0.429. The molecule has 0 bridgehead atoms. The van der Waals surface area contributed by atoms with Crippen LogP contribution >= 0.6 is 11.6 Å². The van der Waals surface area contributed by atoms with Gasteiger partial charge in [-0.3, -0.25) is 10.1 Å². The highest BCUT2D eigenvalue weighted by molar-refractivity contribution is 6.32. The number of allylic oxidation sites excluding steroid dienone is 1. The molecule has 0 aromatic rings. The third-order valence-electron chi connectivity index (χ3n) is 2.70. The van der Waals surface area contributed by atoms with Crippen LogP contribution in [-0.4, -0.2) is 36.6 Å². The molecule has 94 valence electrons. The van der Waals surface area contributed by atoms with Crippen molar-refractivity contribution in [3.63, 3.8) is 0 Å². The molecule has 1 heterocycles. The summed E-state index contributed by atoms with van der Waals surface area (Å²) in [5.41, 5.74) is 0.397. The van der Waals surface area contributed by atoms with Crippen LogP contribution in [0.4, 0.5) is 0 Å². The quantitative estimate of drug-likeness (QED) is 0.607. The third kappa shape index (κ3) is 2.31. The standard InChI is InChI=1S/C10H14ClN3O3/c1-12-9-7(14(15)16)5-13(2)10(8(9)11)17-6-3-4-6/h6,12H,3-5H2,1-2H3. The molecular weight excluding hydrogens is 246 g/mol. The third-order valence-corrected chi connectivity index (χ3v) is 3.05. The summed E-state index contributed by atoms with van der Waals surface area (Å²) in [4.78, 5) is 12.2. The van der Waals surface area contributed by atoms with E-state index in [1.165, 1.54) is 0 Å². The van der Waals surface area contributed by atoms with E-state index in [2.05, 4.69) is 5.32 Å². The van der Waals surface area contributed by atoms with E-state index in [-0.39, 0.29) is 23.4 Å². The predicted octanol–water partition coefficient (Wildman–Crippen LogP) is 1.23. The van der Waals surface area contributed by atoms with Crippen molar-refractivity contribution >= 4 is 11.6 Å². The van der Waals surface area contributed by atoms with E-state index in [1.54, 1.807) is 19.0 Å². The number of nitrogens with zero attached hydrogens (tertiary/aromatic N) is 2. The number of halogens is 1. The first kappa shape index (κ1) is 12.0. The molecule has 0 radical (unpaired) electrons. The normalized spacial score (nSPS) is 20.8. The number of ether oxygens (including phenoxy) is 1. The fourth-order valence-electron chi connectivity index (χ4n) is 1.67. The number of nitro groups is 1. The second kappa shape index (κ2) is 4.44. The van der Waals surface area contributed by atoms with E-state index in [4.69, 9.17) is 16.3 Å². The van der Waals surface area contributed by atoms with E-state index in [9.17, 15) is 10.1 Å². The van der Waals surface area contributed by atoms with Crippen LogP contribution in [0, 0.1) is 10.1 Å². The molecule has 0 aromatic carbocycles. The summed E-state index contributed by atoms with van der Waals surface area (Å²) in [6.45, 7) is 0.182. The van der Waals surface area contributed by atoms with Gasteiger partial charge in [0.25, 0.3) is 5.70 Å². The van der Waals surface area contributed by atoms with Gasteiger partial charge in [-0.05, 0) is 12.8 Å². The van der Waals surface area contributed by atoms with Crippen LogP contribution < -0.4 is 5.32 Å². The van der Waals surface area contributed by atoms with Gasteiger partial charge in [0, 0.05) is 14.1 Å². The highest BCUT2D eigenvalue weighted by atomic mass is 35.5. The molecular formula is C10H14ClN3O3. The highest BCUT2D eigenvalue weighted by Crippen LogP contribution is 2.34. The molecule has 0 saturated heterocycles. The summed E-state index contributed by atoms with van der Waals surface area (Å²) in [6.07, 6.45) is 2.24. The first-order valence-electron chi connectivity index (χ1n) is 5.37. The Labute approximate surface area is 104 Å². The molecule has 1 N–H and O–H groups in total. The first-order valence-corrected chi connectivity index (χ1v) is 5.75. The minimum absolute atomic E-state index is 0.0585. The fraction of sp³-hybridized carbons (Fsp3) is 0.600. The summed E-state index contributed by atoms with van der Waals surface area (Å²) >= 11 is 6.14. The van der Waals surface area contributed by atoms with Gasteiger partial charge in [-0.2, -0.15) is 0 Å². The van der Waals surface area contributed by atoms with Gasteiger partial charge in [0.15, 0.2) is 0 Å². The molecule has 1 aliphatic heterocycles. The Morgan fingerprint density at radius 2 is 2.24 bits per heavy atom. The van der Waals surface area contributed by atoms with Crippen LogP contribution in [0.5, 0.6) is 0 Å². The number of nitrogens with one attached hydrogen (secondary N) is 1. The first-order chi connectivity index (χ1) is 8.04. The SMILES string of the molecule is CNC1=C([N+](=O)[O-])CN(C)C(OC2CC2)=C1Cl. The number of rotatable bonds is 4. The minimum Gasteiger partial charge on any atom is -0.475 e. The maximum atomic E-state index is 10.9. The van der Waals surface area contributed by atoms with E-state index < -0.39 is 4.92 Å². The van der Waals surface area contributed by atoms with Crippen LogP contribution in [0.1, 0.15) is 12.8 Å². The highest BCUT2D eigenvalue weighted by Gasteiger charge is 2.35. The van der Waals surface area contributed by atoms with Crippen molar-refractivity contribution in [3.05, 3.63) is 32.4 Å². The molecule has 1 saturated carbocycles. The van der Waals surface area contributed by atoms with Crippen molar-refractivity contribution < 1.29 is 9.66 Å². The Balaban J connectivity index is 2.35. The molecule has 0 unspecified atom stereocenters. The van der Waals surface area contributed by atoms with Gasteiger partial charge in [0.2, 0.25) is 5.88 Å². The Hall–Kier alpha value is -1.43. The molecule has 17 heavy (non-hydrogen) atoms. The van der Waals surface area contributed by atoms with Gasteiger partial charge in [0.05, 0.1) is 4.92 Å². The zero-order chi connectivity index (χ0) is 12.6. The minimum atomic E-state index is -0.418. The van der Waals surface area contributed by atoms with Crippen LogP contribution in [0.3, 0.4) is 0 Å². The van der Waals surface area contributed by atoms with Crippen molar-refractivity contribution in [1.29, 1.82) is 0 Å². The molecule has 0 atom stereocenters. The number of hydrogen-bond donors (Lipinski definition) is 1. The lowest BCUT2D eigenvalue weighted by atomic mass is 10.2. The van der Waals surface area contributed by atoms with Gasteiger partial charge in [-0.25, -0.2) is 0 Å². The van der Waals surface area contributed by atoms with E-state index in [0.717, 1.165) is 12.8 Å². The maximum absolute atomic E-state index is 10.9. The van der Waals surface area contributed by atoms with Crippen LogP contribution in [0.25, 0.3) is 0 Å². The van der Waals surface area contributed by atoms with E-state index in [1.807, 2.05) is 0 Å². The summed E-state index contributed by atoms with van der Waals surface area (Å²) < 4.78 is 5.66. The fourth-order valence-corrected chi connectivity index (χ4v) is 2.06.